The normalized spacial score (nSPS) is 10.7. The van der Waals surface area contributed by atoms with Crippen molar-refractivity contribution in [1.82, 2.24) is 4.98 Å². The Hall–Kier alpha value is -3.92. The first kappa shape index (κ1) is 20.8. The molecule has 0 aliphatic heterocycles. The molecular weight excluding hydrogens is 374 g/mol. The van der Waals surface area contributed by atoms with Crippen molar-refractivity contribution in [2.45, 2.75) is 13.0 Å². The van der Waals surface area contributed by atoms with Gasteiger partial charge in [0, 0.05) is 0 Å². The van der Waals surface area contributed by atoms with E-state index in [4.69, 9.17) is 9.84 Å². The number of carboxylic acid groups (broad SMARTS) is 1. The summed E-state index contributed by atoms with van der Waals surface area (Å²) in [5, 5.41) is 9.03. The summed E-state index contributed by atoms with van der Waals surface area (Å²) in [6.45, 7) is 7.89. The predicted molar refractivity (Wildman–Crippen MR) is 122 cm³/mol. The Kier molecular flexibility index (Phi) is 6.95. The Bertz CT molecular complexity index is 1080. The van der Waals surface area contributed by atoms with Crippen LogP contribution in [0.15, 0.2) is 73.8 Å². The van der Waals surface area contributed by atoms with E-state index in [1.165, 1.54) is 0 Å². The Morgan fingerprint density at radius 2 is 1.67 bits per heavy atom. The third-order valence-electron chi connectivity index (χ3n) is 4.57. The fourth-order valence-corrected chi connectivity index (χ4v) is 2.98. The molecule has 150 valence electrons. The SMILES string of the molecule is C=Cc1ccc(/C=C/c2ccc(OCc3ccccc3CC(=O)O)cc2)nc1C=C. The van der Waals surface area contributed by atoms with Gasteiger partial charge in [0.05, 0.1) is 17.8 Å². The summed E-state index contributed by atoms with van der Waals surface area (Å²) in [6.07, 6.45) is 7.39. The summed E-state index contributed by atoms with van der Waals surface area (Å²) in [5.74, 6) is -0.132. The molecule has 3 rings (SSSR count). The van der Waals surface area contributed by atoms with Crippen molar-refractivity contribution < 1.29 is 14.6 Å². The van der Waals surface area contributed by atoms with Gasteiger partial charge in [-0.15, -0.1) is 0 Å². The number of carboxylic acids is 1. The minimum atomic E-state index is -0.854. The second-order valence-corrected chi connectivity index (χ2v) is 6.65. The van der Waals surface area contributed by atoms with Crippen LogP contribution in [0, 0.1) is 0 Å². The summed E-state index contributed by atoms with van der Waals surface area (Å²) in [4.78, 5) is 15.5. The van der Waals surface area contributed by atoms with E-state index in [0.29, 0.717) is 6.61 Å². The van der Waals surface area contributed by atoms with Crippen molar-refractivity contribution in [3.05, 3.63) is 107 Å². The van der Waals surface area contributed by atoms with E-state index in [9.17, 15) is 4.79 Å². The van der Waals surface area contributed by atoms with Gasteiger partial charge in [-0.3, -0.25) is 4.79 Å². The Morgan fingerprint density at radius 1 is 0.933 bits per heavy atom. The van der Waals surface area contributed by atoms with Gasteiger partial charge in [0.2, 0.25) is 0 Å². The number of carbonyl (C=O) groups is 1. The van der Waals surface area contributed by atoms with Crippen LogP contribution in [0.4, 0.5) is 0 Å². The van der Waals surface area contributed by atoms with Gasteiger partial charge < -0.3 is 9.84 Å². The summed E-state index contributed by atoms with van der Waals surface area (Å²) < 4.78 is 5.84. The third kappa shape index (κ3) is 5.55. The lowest BCUT2D eigenvalue weighted by Gasteiger charge is -2.10. The monoisotopic (exact) mass is 397 g/mol. The Labute approximate surface area is 176 Å². The molecule has 0 fully saturated rings. The summed E-state index contributed by atoms with van der Waals surface area (Å²) in [5.41, 5.74) is 5.25. The average molecular weight is 397 g/mol. The second kappa shape index (κ2) is 10.0. The van der Waals surface area contributed by atoms with Gasteiger partial charge in [-0.2, -0.15) is 0 Å². The quantitative estimate of drug-likeness (QED) is 0.500. The largest absolute Gasteiger partial charge is 0.489 e. The standard InChI is InChI=1S/C26H23NO3/c1-3-20-12-14-23(27-25(20)4-2)13-9-19-10-15-24(16-11-19)30-18-22-8-6-5-7-21(22)17-26(28)29/h3-16H,1-2,17-18H2,(H,28,29)/b13-9+. The van der Waals surface area contributed by atoms with Crippen LogP contribution in [0.3, 0.4) is 0 Å². The second-order valence-electron chi connectivity index (χ2n) is 6.65. The van der Waals surface area contributed by atoms with E-state index in [0.717, 1.165) is 39.4 Å². The van der Waals surface area contributed by atoms with Crippen molar-refractivity contribution in [2.75, 3.05) is 0 Å². The molecule has 0 unspecified atom stereocenters. The van der Waals surface area contributed by atoms with Crippen LogP contribution in [-0.2, 0) is 17.8 Å². The minimum Gasteiger partial charge on any atom is -0.489 e. The van der Waals surface area contributed by atoms with Crippen molar-refractivity contribution in [2.24, 2.45) is 0 Å². The lowest BCUT2D eigenvalue weighted by Crippen LogP contribution is -2.05. The first-order chi connectivity index (χ1) is 14.6. The number of ether oxygens (including phenoxy) is 1. The van der Waals surface area contributed by atoms with Crippen molar-refractivity contribution in [3.8, 4) is 5.75 Å². The zero-order valence-electron chi connectivity index (χ0n) is 16.6. The van der Waals surface area contributed by atoms with E-state index in [-0.39, 0.29) is 6.42 Å². The van der Waals surface area contributed by atoms with Crippen LogP contribution in [0.5, 0.6) is 5.75 Å². The summed E-state index contributed by atoms with van der Waals surface area (Å²) in [7, 11) is 0. The molecule has 0 bridgehead atoms. The van der Waals surface area contributed by atoms with E-state index in [2.05, 4.69) is 18.1 Å². The number of nitrogens with zero attached hydrogens (tertiary/aromatic N) is 1. The van der Waals surface area contributed by atoms with E-state index in [1.807, 2.05) is 72.8 Å². The van der Waals surface area contributed by atoms with Gasteiger partial charge >= 0.3 is 5.97 Å². The van der Waals surface area contributed by atoms with Crippen LogP contribution < -0.4 is 4.74 Å². The maximum atomic E-state index is 11.0. The molecule has 30 heavy (non-hydrogen) atoms. The molecule has 0 aliphatic carbocycles. The molecule has 0 atom stereocenters. The van der Waals surface area contributed by atoms with Gasteiger partial charge in [0.15, 0.2) is 0 Å². The molecule has 1 aromatic heterocycles. The zero-order chi connectivity index (χ0) is 21.3. The lowest BCUT2D eigenvalue weighted by atomic mass is 10.1. The van der Waals surface area contributed by atoms with Crippen LogP contribution >= 0.6 is 0 Å². The average Bonchev–Trinajstić information content (AvgIpc) is 2.77. The van der Waals surface area contributed by atoms with Crippen LogP contribution in [0.25, 0.3) is 24.3 Å². The van der Waals surface area contributed by atoms with E-state index < -0.39 is 5.97 Å². The maximum absolute atomic E-state index is 11.0. The number of aromatic nitrogens is 1. The van der Waals surface area contributed by atoms with Gasteiger partial charge in [0.1, 0.15) is 12.4 Å². The highest BCUT2D eigenvalue weighted by Crippen LogP contribution is 2.18. The van der Waals surface area contributed by atoms with E-state index >= 15 is 0 Å². The minimum absolute atomic E-state index is 0.0152. The van der Waals surface area contributed by atoms with Crippen LogP contribution in [-0.4, -0.2) is 16.1 Å². The number of pyridine rings is 1. The summed E-state index contributed by atoms with van der Waals surface area (Å²) >= 11 is 0. The highest BCUT2D eigenvalue weighted by atomic mass is 16.5. The molecule has 1 heterocycles. The van der Waals surface area contributed by atoms with Gasteiger partial charge in [-0.1, -0.05) is 67.8 Å². The molecule has 0 saturated carbocycles. The topological polar surface area (TPSA) is 59.4 Å². The third-order valence-corrected chi connectivity index (χ3v) is 4.57. The molecule has 0 aliphatic rings. The van der Waals surface area contributed by atoms with Gasteiger partial charge in [-0.05, 0) is 52.6 Å². The highest BCUT2D eigenvalue weighted by molar-refractivity contribution is 5.71. The molecule has 3 aromatic rings. The number of hydrogen-bond donors (Lipinski definition) is 1. The zero-order valence-corrected chi connectivity index (χ0v) is 16.6. The Balaban J connectivity index is 1.64. The maximum Gasteiger partial charge on any atom is 0.307 e. The number of aliphatic carboxylic acids is 1. The smallest absolute Gasteiger partial charge is 0.307 e. The lowest BCUT2D eigenvalue weighted by molar-refractivity contribution is -0.136. The molecule has 4 nitrogen and oxygen atoms in total. The molecule has 0 amide bonds. The van der Waals surface area contributed by atoms with Gasteiger partial charge in [0.25, 0.3) is 0 Å². The Morgan fingerprint density at radius 3 is 2.33 bits per heavy atom. The van der Waals surface area contributed by atoms with Crippen molar-refractivity contribution >= 4 is 30.3 Å². The van der Waals surface area contributed by atoms with Crippen molar-refractivity contribution in [3.63, 3.8) is 0 Å². The molecule has 0 radical (unpaired) electrons. The molecule has 1 N–H and O–H groups in total. The molecule has 4 heteroatoms. The molecule has 2 aromatic carbocycles. The van der Waals surface area contributed by atoms with Crippen molar-refractivity contribution in [1.29, 1.82) is 0 Å². The molecular formula is C26H23NO3. The number of rotatable bonds is 9. The van der Waals surface area contributed by atoms with Gasteiger partial charge in [-0.25, -0.2) is 4.98 Å². The van der Waals surface area contributed by atoms with Crippen LogP contribution in [0.2, 0.25) is 0 Å². The first-order valence-electron chi connectivity index (χ1n) is 9.54. The number of benzene rings is 2. The predicted octanol–water partition coefficient (Wildman–Crippen LogP) is 5.74. The highest BCUT2D eigenvalue weighted by Gasteiger charge is 2.07. The molecule has 0 spiro atoms. The molecule has 0 saturated heterocycles. The van der Waals surface area contributed by atoms with E-state index in [1.54, 1.807) is 12.2 Å². The van der Waals surface area contributed by atoms with Crippen LogP contribution in [0.1, 0.15) is 33.6 Å². The summed E-state index contributed by atoms with van der Waals surface area (Å²) in [6, 6.07) is 19.0. The fourth-order valence-electron chi connectivity index (χ4n) is 2.98. The fraction of sp³-hybridized carbons (Fsp3) is 0.0769. The number of hydrogen-bond acceptors (Lipinski definition) is 3. The first-order valence-corrected chi connectivity index (χ1v) is 9.54.